The summed E-state index contributed by atoms with van der Waals surface area (Å²) in [7, 11) is 0. The second-order valence-corrected chi connectivity index (χ2v) is 29.2. The Morgan fingerprint density at radius 2 is 0.523 bits per heavy atom. The number of fused-ring (bicyclic) bond motifs is 26. The molecule has 0 spiro atoms. The van der Waals surface area contributed by atoms with Crippen LogP contribution in [0.2, 0.25) is 0 Å². The summed E-state index contributed by atoms with van der Waals surface area (Å²) in [6.07, 6.45) is 0. The molecule has 111 heavy (non-hydrogen) atoms. The van der Waals surface area contributed by atoms with E-state index in [9.17, 15) is 0 Å². The minimum atomic E-state index is 0.907. The number of benzene rings is 16. The van der Waals surface area contributed by atoms with Crippen molar-refractivity contribution in [2.75, 3.05) is 0 Å². The van der Waals surface area contributed by atoms with Gasteiger partial charge in [-0.05, 0) is 197 Å². The molecular weight excluding hydrogens is 1360 g/mol. The van der Waals surface area contributed by atoms with Crippen LogP contribution in [0.3, 0.4) is 0 Å². The lowest BCUT2D eigenvalue weighted by atomic mass is 10.1. The fraction of sp³-hybridized carbons (Fsp3) is 0.0396. The average molecular weight is 1430 g/mol. The first kappa shape index (κ1) is 63.6. The van der Waals surface area contributed by atoms with E-state index in [1.807, 2.05) is 18.2 Å². The van der Waals surface area contributed by atoms with Gasteiger partial charge in [0.25, 0.3) is 0 Å². The van der Waals surface area contributed by atoms with Gasteiger partial charge in [0.2, 0.25) is 5.78 Å². The lowest BCUT2D eigenvalue weighted by Crippen LogP contribution is -1.94. The van der Waals surface area contributed by atoms with Crippen LogP contribution in [0.4, 0.5) is 0 Å². The normalized spacial score (nSPS) is 12.0. The van der Waals surface area contributed by atoms with Crippen molar-refractivity contribution in [3.8, 4) is 22.7 Å². The Morgan fingerprint density at radius 1 is 0.207 bits per heavy atom. The summed E-state index contributed by atoms with van der Waals surface area (Å²) in [5.74, 6) is 0.917. The number of aryl methyl sites for hydroxylation is 4. The van der Waals surface area contributed by atoms with Crippen molar-refractivity contribution in [1.29, 1.82) is 0 Å². The Kier molecular flexibility index (Phi) is 14.3. The molecular formula is C101H68N6O4. The van der Waals surface area contributed by atoms with Crippen LogP contribution in [0, 0.1) is 27.7 Å². The largest absolute Gasteiger partial charge is 0.456 e. The maximum Gasteiger partial charge on any atom is 0.220 e. The number of hydrogen-bond acceptors (Lipinski definition) is 5. The summed E-state index contributed by atoms with van der Waals surface area (Å²) in [4.78, 5) is 4.98. The molecule has 0 N–H and O–H groups in total. The van der Waals surface area contributed by atoms with Crippen LogP contribution < -0.4 is 0 Å². The van der Waals surface area contributed by atoms with E-state index in [0.717, 1.165) is 133 Å². The fourth-order valence-electron chi connectivity index (χ4n) is 17.4. The Morgan fingerprint density at radius 3 is 1.01 bits per heavy atom. The number of para-hydroxylation sites is 12. The summed E-state index contributed by atoms with van der Waals surface area (Å²) in [6.45, 7) is 8.45. The molecule has 0 aliphatic rings. The molecule has 0 fully saturated rings. The zero-order valence-corrected chi connectivity index (χ0v) is 61.1. The molecule has 0 bridgehead atoms. The zero-order chi connectivity index (χ0) is 73.7. The quantitative estimate of drug-likeness (QED) is 0.175. The SMILES string of the molecule is Cc1ccc2c(c1)c1ccccc1n2-c1ccc2oc3ccccc3c2c1.Cc1ccc2oc3ccc(-n4c5ccccc5c5ccccc54)cc3c2c1.Cc1cccc2c1oc1ccc(-n3c4ccccc4c4ccccc43)cc12.Cc1cccc2c1oc1ccc(-n3c4ccccc4n4c5ccccc5nc34)cc12. The smallest absolute Gasteiger partial charge is 0.220 e. The minimum Gasteiger partial charge on any atom is -0.456 e. The van der Waals surface area contributed by atoms with Crippen molar-refractivity contribution < 1.29 is 17.7 Å². The number of hydrogen-bond donors (Lipinski definition) is 0. The first-order valence-corrected chi connectivity index (χ1v) is 37.7. The van der Waals surface area contributed by atoms with E-state index in [1.54, 1.807) is 0 Å². The summed E-state index contributed by atoms with van der Waals surface area (Å²) in [5.41, 5.74) is 28.6. The van der Waals surface area contributed by atoms with E-state index in [4.69, 9.17) is 22.7 Å². The van der Waals surface area contributed by atoms with Crippen molar-refractivity contribution in [2.45, 2.75) is 27.7 Å². The van der Waals surface area contributed by atoms with Gasteiger partial charge in [-0.15, -0.1) is 0 Å². The summed E-state index contributed by atoms with van der Waals surface area (Å²) >= 11 is 0. The van der Waals surface area contributed by atoms with Crippen LogP contribution in [-0.2, 0) is 0 Å². The van der Waals surface area contributed by atoms with Gasteiger partial charge in [-0.1, -0.05) is 193 Å². The summed E-state index contributed by atoms with van der Waals surface area (Å²) in [6, 6.07) is 120. The van der Waals surface area contributed by atoms with Crippen molar-refractivity contribution in [2.24, 2.45) is 0 Å². The third kappa shape index (κ3) is 10.1. The first-order chi connectivity index (χ1) is 54.7. The van der Waals surface area contributed by atoms with Gasteiger partial charge in [-0.25, -0.2) is 4.98 Å². The maximum atomic E-state index is 6.15. The number of aromatic nitrogens is 6. The fourth-order valence-corrected chi connectivity index (χ4v) is 17.4. The number of furan rings is 4. The predicted octanol–water partition coefficient (Wildman–Crippen LogP) is 27.6. The van der Waals surface area contributed by atoms with Crippen LogP contribution in [0.15, 0.2) is 357 Å². The molecule has 0 atom stereocenters. The van der Waals surface area contributed by atoms with Gasteiger partial charge in [0.05, 0.1) is 60.9 Å². The summed E-state index contributed by atoms with van der Waals surface area (Å²) in [5, 5.41) is 16.9. The zero-order valence-electron chi connectivity index (χ0n) is 61.1. The molecule has 0 unspecified atom stereocenters. The van der Waals surface area contributed by atoms with E-state index in [0.29, 0.717) is 0 Å². The molecule has 9 aromatic heterocycles. The highest BCUT2D eigenvalue weighted by Crippen LogP contribution is 2.42. The van der Waals surface area contributed by atoms with Gasteiger partial charge >= 0.3 is 0 Å². The topological polar surface area (TPSA) is 89.6 Å². The van der Waals surface area contributed by atoms with Crippen LogP contribution >= 0.6 is 0 Å². The van der Waals surface area contributed by atoms with Gasteiger partial charge < -0.3 is 31.4 Å². The monoisotopic (exact) mass is 1430 g/mol. The van der Waals surface area contributed by atoms with Crippen molar-refractivity contribution in [3.63, 3.8) is 0 Å². The van der Waals surface area contributed by atoms with Gasteiger partial charge in [-0.3, -0.25) is 8.97 Å². The Hall–Kier alpha value is -14.6. The second kappa shape index (κ2) is 25.0. The standard InChI is InChI=1S/C26H17N3O.3C25H17NO/c1-16-7-6-8-18-19-15-17(13-14-24(19)30-25(16)18)28-22-11-4-5-12-23(22)29-21-10-3-2-9-20(21)27-26(28)29;1-16-7-6-10-20-21-15-17(13-14-24(21)27-25(16)20)26-22-11-4-2-8-18(22)19-9-3-5-12-23(19)26;1-16-10-12-23-20(14-16)18-6-2-4-8-22(18)26(23)17-11-13-25-21(15-17)19-7-3-5-9-24(19)27-25;1-16-10-12-24-20(14-16)21-15-17(11-13-25(21)27-24)26-22-8-4-2-6-18(22)19-7-3-5-9-23(19)26/h2-15H,1H3;3*2-15H,1H3. The maximum absolute atomic E-state index is 6.15. The van der Waals surface area contributed by atoms with Crippen LogP contribution in [0.5, 0.6) is 0 Å². The van der Waals surface area contributed by atoms with Gasteiger partial charge in [-0.2, -0.15) is 0 Å². The molecule has 0 radical (unpaired) electrons. The third-order valence-corrected chi connectivity index (χ3v) is 22.5. The molecule has 526 valence electrons. The second-order valence-electron chi connectivity index (χ2n) is 29.2. The molecule has 0 saturated carbocycles. The Balaban J connectivity index is 0.0000000911. The highest BCUT2D eigenvalue weighted by Gasteiger charge is 2.22. The van der Waals surface area contributed by atoms with Crippen molar-refractivity contribution in [3.05, 3.63) is 362 Å². The summed E-state index contributed by atoms with van der Waals surface area (Å²) < 4.78 is 35.8. The highest BCUT2D eigenvalue weighted by atomic mass is 16.3. The van der Waals surface area contributed by atoms with Gasteiger partial charge in [0, 0.05) is 92.5 Å². The van der Waals surface area contributed by atoms with Crippen molar-refractivity contribution >= 4 is 181 Å². The van der Waals surface area contributed by atoms with Crippen LogP contribution in [0.25, 0.3) is 204 Å². The molecule has 25 aromatic rings. The molecule has 0 aliphatic heterocycles. The lowest BCUT2D eigenvalue weighted by molar-refractivity contribution is 0.665. The molecule has 10 heteroatoms. The Bertz CT molecular complexity index is 7880. The minimum absolute atomic E-state index is 0.907. The van der Waals surface area contributed by atoms with Crippen LogP contribution in [-0.4, -0.2) is 27.7 Å². The van der Waals surface area contributed by atoms with Gasteiger partial charge in [0.1, 0.15) is 44.7 Å². The highest BCUT2D eigenvalue weighted by molar-refractivity contribution is 6.15. The van der Waals surface area contributed by atoms with Gasteiger partial charge in [0.15, 0.2) is 0 Å². The Labute approximate surface area is 634 Å². The van der Waals surface area contributed by atoms with E-state index in [-0.39, 0.29) is 0 Å². The number of imidazole rings is 2. The first-order valence-electron chi connectivity index (χ1n) is 37.7. The molecule has 25 rings (SSSR count). The lowest BCUT2D eigenvalue weighted by Gasteiger charge is -2.08. The third-order valence-electron chi connectivity index (χ3n) is 22.5. The number of nitrogens with zero attached hydrogens (tertiary/aromatic N) is 6. The molecule has 16 aromatic carbocycles. The molecule has 10 nitrogen and oxygen atoms in total. The molecule has 0 aliphatic carbocycles. The number of rotatable bonds is 4. The van der Waals surface area contributed by atoms with E-state index in [2.05, 4.69) is 372 Å². The molecule has 0 saturated heterocycles. The van der Waals surface area contributed by atoms with Crippen molar-refractivity contribution in [1.82, 2.24) is 27.7 Å². The van der Waals surface area contributed by atoms with E-state index in [1.165, 1.54) is 92.9 Å². The van der Waals surface area contributed by atoms with E-state index < -0.39 is 0 Å². The van der Waals surface area contributed by atoms with Crippen LogP contribution in [0.1, 0.15) is 22.3 Å². The molecule has 9 heterocycles. The van der Waals surface area contributed by atoms with E-state index >= 15 is 0 Å². The predicted molar refractivity (Wildman–Crippen MR) is 460 cm³/mol. The average Bonchev–Trinajstić information content (AvgIpc) is 1.59. The molecule has 0 amide bonds.